The highest BCUT2D eigenvalue weighted by Gasteiger charge is 2.32. The number of anilines is 2. The van der Waals surface area contributed by atoms with Crippen molar-refractivity contribution in [3.8, 4) is 6.07 Å². The van der Waals surface area contributed by atoms with Gasteiger partial charge in [-0.05, 0) is 60.4 Å². The molecule has 2 aromatic heterocycles. The summed E-state index contributed by atoms with van der Waals surface area (Å²) in [7, 11) is 0. The molecule has 1 aliphatic heterocycles. The van der Waals surface area contributed by atoms with Crippen LogP contribution in [0, 0.1) is 11.3 Å². The van der Waals surface area contributed by atoms with E-state index in [0.29, 0.717) is 24.3 Å². The normalized spacial score (nSPS) is 12.6. The first-order valence-electron chi connectivity index (χ1n) is 13.8. The molecule has 0 saturated heterocycles. The summed E-state index contributed by atoms with van der Waals surface area (Å²) in [5.41, 5.74) is 6.55. The van der Waals surface area contributed by atoms with Crippen LogP contribution < -0.4 is 10.2 Å². The summed E-state index contributed by atoms with van der Waals surface area (Å²) in [6.07, 6.45) is 4.88. The first kappa shape index (κ1) is 26.7. The van der Waals surface area contributed by atoms with Gasteiger partial charge in [0.1, 0.15) is 5.69 Å². The van der Waals surface area contributed by atoms with Crippen LogP contribution in [0.3, 0.4) is 0 Å². The number of nitrogens with one attached hydrogen (secondary N) is 1. The van der Waals surface area contributed by atoms with Crippen molar-refractivity contribution < 1.29 is 9.59 Å². The zero-order valence-electron chi connectivity index (χ0n) is 23.1. The van der Waals surface area contributed by atoms with Crippen molar-refractivity contribution in [3.63, 3.8) is 0 Å². The van der Waals surface area contributed by atoms with Crippen LogP contribution in [0.15, 0.2) is 85.2 Å². The number of hydrogen-bond donors (Lipinski definition) is 1. The minimum Gasteiger partial charge on any atom is -0.322 e. The standard InChI is InChI=1S/C32H28N8O2/c1-2-38-21-27(36-37-38)17-24-6-3-5-23(16-24)15-22-9-11-28(12-10-22)39-13-14-40-30(32(39)42)29(20-34-40)31(41)35-26-8-4-7-25(18-26)19-33/h3-12,16,18,20-21H,2,13-15,17H2,1H3,(H,35,41). The smallest absolute Gasteiger partial charge is 0.277 e. The van der Waals surface area contributed by atoms with Crippen LogP contribution in [0.5, 0.6) is 0 Å². The molecule has 10 heteroatoms. The lowest BCUT2D eigenvalue weighted by molar-refractivity contribution is 0.0947. The molecule has 1 aliphatic rings. The molecule has 3 heterocycles. The second-order valence-electron chi connectivity index (χ2n) is 10.1. The van der Waals surface area contributed by atoms with E-state index in [2.05, 4.69) is 51.1 Å². The highest BCUT2D eigenvalue weighted by molar-refractivity contribution is 6.15. The zero-order valence-corrected chi connectivity index (χ0v) is 23.1. The van der Waals surface area contributed by atoms with E-state index >= 15 is 0 Å². The molecule has 10 nitrogen and oxygen atoms in total. The molecular formula is C32H28N8O2. The van der Waals surface area contributed by atoms with E-state index in [1.807, 2.05) is 42.1 Å². The maximum Gasteiger partial charge on any atom is 0.277 e. The number of carbonyl (C=O) groups excluding carboxylic acids is 2. The molecule has 0 bridgehead atoms. The van der Waals surface area contributed by atoms with E-state index in [9.17, 15) is 9.59 Å². The fourth-order valence-corrected chi connectivity index (χ4v) is 5.14. The highest BCUT2D eigenvalue weighted by Crippen LogP contribution is 2.25. The van der Waals surface area contributed by atoms with Crippen molar-refractivity contribution in [1.82, 2.24) is 24.8 Å². The second kappa shape index (κ2) is 11.5. The van der Waals surface area contributed by atoms with Crippen molar-refractivity contribution in [2.75, 3.05) is 16.8 Å². The molecule has 5 aromatic rings. The summed E-state index contributed by atoms with van der Waals surface area (Å²) in [6, 6.07) is 25.1. The van der Waals surface area contributed by atoms with Crippen LogP contribution >= 0.6 is 0 Å². The topological polar surface area (TPSA) is 122 Å². The Morgan fingerprint density at radius 2 is 1.76 bits per heavy atom. The molecule has 0 fully saturated rings. The van der Waals surface area contributed by atoms with E-state index < -0.39 is 5.91 Å². The van der Waals surface area contributed by atoms with Crippen molar-refractivity contribution in [1.29, 1.82) is 5.26 Å². The molecule has 1 N–H and O–H groups in total. The summed E-state index contributed by atoms with van der Waals surface area (Å²) < 4.78 is 3.40. The van der Waals surface area contributed by atoms with Crippen molar-refractivity contribution in [2.24, 2.45) is 0 Å². The number of carbonyl (C=O) groups is 2. The third-order valence-corrected chi connectivity index (χ3v) is 7.26. The number of aryl methyl sites for hydroxylation is 1. The van der Waals surface area contributed by atoms with Gasteiger partial charge in [0, 0.05) is 37.1 Å². The van der Waals surface area contributed by atoms with E-state index in [4.69, 9.17) is 5.26 Å². The Morgan fingerprint density at radius 3 is 2.52 bits per heavy atom. The average molecular weight is 557 g/mol. The minimum absolute atomic E-state index is 0.195. The number of rotatable bonds is 8. The molecule has 3 aromatic carbocycles. The number of hydrogen-bond acceptors (Lipinski definition) is 6. The fraction of sp³-hybridized carbons (Fsp3) is 0.188. The number of amides is 2. The summed E-state index contributed by atoms with van der Waals surface area (Å²) in [6.45, 7) is 3.75. The lowest BCUT2D eigenvalue weighted by Gasteiger charge is -2.28. The first-order valence-corrected chi connectivity index (χ1v) is 13.8. The van der Waals surface area contributed by atoms with E-state index in [1.54, 1.807) is 33.8 Å². The minimum atomic E-state index is -0.450. The monoisotopic (exact) mass is 556 g/mol. The third-order valence-electron chi connectivity index (χ3n) is 7.26. The van der Waals surface area contributed by atoms with Gasteiger partial charge < -0.3 is 10.2 Å². The van der Waals surface area contributed by atoms with Gasteiger partial charge in [-0.15, -0.1) is 5.10 Å². The Morgan fingerprint density at radius 1 is 0.976 bits per heavy atom. The van der Waals surface area contributed by atoms with Gasteiger partial charge in [-0.25, -0.2) is 0 Å². The molecule has 0 aliphatic carbocycles. The number of aromatic nitrogens is 5. The van der Waals surface area contributed by atoms with Gasteiger partial charge in [-0.1, -0.05) is 47.7 Å². The lowest BCUT2D eigenvalue weighted by Crippen LogP contribution is -2.41. The quantitative estimate of drug-likeness (QED) is 0.301. The predicted molar refractivity (Wildman–Crippen MR) is 157 cm³/mol. The third kappa shape index (κ3) is 5.53. The maximum atomic E-state index is 13.6. The van der Waals surface area contributed by atoms with Crippen LogP contribution in [0.2, 0.25) is 0 Å². The van der Waals surface area contributed by atoms with Crippen molar-refractivity contribution >= 4 is 23.2 Å². The molecule has 208 valence electrons. The molecular weight excluding hydrogens is 528 g/mol. The summed E-state index contributed by atoms with van der Waals surface area (Å²) in [4.78, 5) is 28.3. The van der Waals surface area contributed by atoms with Gasteiger partial charge >= 0.3 is 0 Å². The van der Waals surface area contributed by atoms with Crippen LogP contribution in [-0.2, 0) is 25.9 Å². The second-order valence-corrected chi connectivity index (χ2v) is 10.1. The molecule has 2 amide bonds. The molecule has 6 rings (SSSR count). The van der Waals surface area contributed by atoms with E-state index in [-0.39, 0.29) is 17.2 Å². The predicted octanol–water partition coefficient (Wildman–Crippen LogP) is 4.46. The number of benzene rings is 3. The SMILES string of the molecule is CCn1cc(Cc2cccc(Cc3ccc(N4CCn5ncc(C(=O)Nc6cccc(C#N)c6)c5C4=O)cc3)c2)nn1. The molecule has 0 saturated carbocycles. The molecule has 0 radical (unpaired) electrons. The first-order chi connectivity index (χ1) is 20.5. The fourth-order valence-electron chi connectivity index (χ4n) is 5.14. The van der Waals surface area contributed by atoms with Gasteiger partial charge in [-0.2, -0.15) is 10.4 Å². The van der Waals surface area contributed by atoms with Crippen LogP contribution in [0.4, 0.5) is 11.4 Å². The summed E-state index contributed by atoms with van der Waals surface area (Å²) in [5, 5.41) is 24.6. The van der Waals surface area contributed by atoms with E-state index in [0.717, 1.165) is 36.3 Å². The highest BCUT2D eigenvalue weighted by atomic mass is 16.2. The zero-order chi connectivity index (χ0) is 29.1. The molecule has 0 spiro atoms. The maximum absolute atomic E-state index is 13.6. The molecule has 0 unspecified atom stereocenters. The summed E-state index contributed by atoms with van der Waals surface area (Å²) in [5.74, 6) is -0.732. The van der Waals surface area contributed by atoms with Gasteiger partial charge in [0.15, 0.2) is 0 Å². The van der Waals surface area contributed by atoms with Crippen molar-refractivity contribution in [2.45, 2.75) is 32.9 Å². The largest absolute Gasteiger partial charge is 0.322 e. The van der Waals surface area contributed by atoms with Crippen molar-refractivity contribution in [3.05, 3.63) is 124 Å². The number of nitrogens with zero attached hydrogens (tertiary/aromatic N) is 7. The van der Waals surface area contributed by atoms with Gasteiger partial charge in [0.05, 0.1) is 35.6 Å². The number of nitriles is 1. The Balaban J connectivity index is 1.14. The Hall–Kier alpha value is -5.56. The Labute approximate surface area is 242 Å². The van der Waals surface area contributed by atoms with Crippen LogP contribution in [0.25, 0.3) is 0 Å². The summed E-state index contributed by atoms with van der Waals surface area (Å²) >= 11 is 0. The Bertz CT molecular complexity index is 1810. The van der Waals surface area contributed by atoms with E-state index in [1.165, 1.54) is 17.3 Å². The van der Waals surface area contributed by atoms with Gasteiger partial charge in [-0.3, -0.25) is 19.0 Å². The molecule has 0 atom stereocenters. The lowest BCUT2D eigenvalue weighted by atomic mass is 10.0. The van der Waals surface area contributed by atoms with Gasteiger partial charge in [0.2, 0.25) is 0 Å². The number of fused-ring (bicyclic) bond motifs is 1. The van der Waals surface area contributed by atoms with Crippen LogP contribution in [-0.4, -0.2) is 43.1 Å². The van der Waals surface area contributed by atoms with Gasteiger partial charge in [0.25, 0.3) is 11.8 Å². The van der Waals surface area contributed by atoms with Crippen LogP contribution in [0.1, 0.15) is 55.7 Å². The Kier molecular flexibility index (Phi) is 7.30. The average Bonchev–Trinajstić information content (AvgIpc) is 3.66. The molecule has 42 heavy (non-hydrogen) atoms.